The predicted molar refractivity (Wildman–Crippen MR) is 77.8 cm³/mol. The summed E-state index contributed by atoms with van der Waals surface area (Å²) >= 11 is 0. The minimum Gasteiger partial charge on any atom is -0.350 e. The third-order valence-corrected chi connectivity index (χ3v) is 3.09. The van der Waals surface area contributed by atoms with E-state index in [0.29, 0.717) is 0 Å². The van der Waals surface area contributed by atoms with Gasteiger partial charge in [0.15, 0.2) is 0 Å². The third-order valence-electron chi connectivity index (χ3n) is 3.09. The maximum absolute atomic E-state index is 12.6. The molecule has 0 aliphatic heterocycles. The van der Waals surface area contributed by atoms with Crippen LogP contribution in [0.4, 0.5) is 13.2 Å². The van der Waals surface area contributed by atoms with Gasteiger partial charge in [0.25, 0.3) is 5.91 Å². The van der Waals surface area contributed by atoms with E-state index < -0.39 is 11.9 Å². The fourth-order valence-corrected chi connectivity index (χ4v) is 2.01. The Morgan fingerprint density at radius 2 is 2.09 bits per heavy atom. The number of carbonyl (C=O) groups excluding carboxylic acids is 1. The first-order valence-electron chi connectivity index (χ1n) is 7.25. The van der Waals surface area contributed by atoms with Crippen LogP contribution in [0.15, 0.2) is 30.5 Å². The van der Waals surface area contributed by atoms with Gasteiger partial charge in [-0.3, -0.25) is 9.48 Å². The molecule has 1 N–H and O–H groups in total. The van der Waals surface area contributed by atoms with Crippen molar-refractivity contribution in [1.29, 1.82) is 0 Å². The van der Waals surface area contributed by atoms with Gasteiger partial charge in [0.05, 0.1) is 0 Å². The Kier molecular flexibility index (Phi) is 5.36. The first-order chi connectivity index (χ1) is 10.9. The molecule has 0 unspecified atom stereocenters. The second-order valence-corrected chi connectivity index (χ2v) is 4.98. The Hall–Kier alpha value is -2.38. The molecule has 2 aromatic rings. The van der Waals surface area contributed by atoms with Crippen molar-refractivity contribution in [3.63, 3.8) is 0 Å². The molecule has 1 amide bonds. The van der Waals surface area contributed by atoms with Gasteiger partial charge in [0.2, 0.25) is 0 Å². The van der Waals surface area contributed by atoms with Crippen LogP contribution in [0.25, 0.3) is 0 Å². The van der Waals surface area contributed by atoms with Crippen LogP contribution in [0, 0.1) is 0 Å². The number of nitrogens with zero attached hydrogens (tertiary/aromatic N) is 3. The molecular formula is C15H17F3N4O. The van der Waals surface area contributed by atoms with Crippen molar-refractivity contribution >= 4 is 5.91 Å². The van der Waals surface area contributed by atoms with Crippen molar-refractivity contribution in [1.82, 2.24) is 20.1 Å². The number of amides is 1. The molecule has 0 atom stereocenters. The summed E-state index contributed by atoms with van der Waals surface area (Å²) in [6.45, 7) is 2.92. The zero-order valence-electron chi connectivity index (χ0n) is 12.6. The lowest BCUT2D eigenvalue weighted by atomic mass is 10.2. The van der Waals surface area contributed by atoms with E-state index in [1.165, 1.54) is 12.1 Å². The van der Waals surface area contributed by atoms with Gasteiger partial charge in [0.1, 0.15) is 11.4 Å². The van der Waals surface area contributed by atoms with Gasteiger partial charge < -0.3 is 5.32 Å². The lowest BCUT2D eigenvalue weighted by Gasteiger charge is -2.08. The Labute approximate surface area is 131 Å². The molecule has 23 heavy (non-hydrogen) atoms. The fourth-order valence-electron chi connectivity index (χ4n) is 2.01. The van der Waals surface area contributed by atoms with E-state index in [2.05, 4.69) is 15.4 Å². The maximum Gasteiger partial charge on any atom is 0.433 e. The summed E-state index contributed by atoms with van der Waals surface area (Å²) in [5, 5.41) is 6.74. The number of hydrogen-bond acceptors (Lipinski definition) is 3. The van der Waals surface area contributed by atoms with E-state index >= 15 is 0 Å². The third kappa shape index (κ3) is 4.80. The highest BCUT2D eigenvalue weighted by molar-refractivity contribution is 5.92. The van der Waals surface area contributed by atoms with Crippen molar-refractivity contribution in [2.45, 2.75) is 32.5 Å². The zero-order valence-corrected chi connectivity index (χ0v) is 12.6. The number of rotatable bonds is 6. The van der Waals surface area contributed by atoms with Crippen LogP contribution in [-0.4, -0.2) is 27.2 Å². The van der Waals surface area contributed by atoms with E-state index in [4.69, 9.17) is 0 Å². The molecule has 0 aliphatic carbocycles. The molecule has 124 valence electrons. The average Bonchev–Trinajstić information content (AvgIpc) is 2.96. The van der Waals surface area contributed by atoms with E-state index in [9.17, 15) is 18.0 Å². The van der Waals surface area contributed by atoms with Crippen LogP contribution in [0.3, 0.4) is 0 Å². The number of nitrogens with one attached hydrogen (secondary N) is 1. The van der Waals surface area contributed by atoms with Crippen molar-refractivity contribution in [3.8, 4) is 0 Å². The average molecular weight is 326 g/mol. The molecule has 0 bridgehead atoms. The highest BCUT2D eigenvalue weighted by atomic mass is 19.4. The number of pyridine rings is 1. The summed E-state index contributed by atoms with van der Waals surface area (Å²) in [4.78, 5) is 15.4. The van der Waals surface area contributed by atoms with Gasteiger partial charge in [-0.1, -0.05) is 13.0 Å². The minimum atomic E-state index is -4.47. The largest absolute Gasteiger partial charge is 0.433 e. The number of halogens is 3. The quantitative estimate of drug-likeness (QED) is 0.888. The van der Waals surface area contributed by atoms with Crippen LogP contribution < -0.4 is 5.32 Å². The number of aryl methyl sites for hydroxylation is 1. The number of carbonyl (C=O) groups is 1. The molecule has 0 radical (unpaired) electrons. The molecule has 0 fully saturated rings. The van der Waals surface area contributed by atoms with Crippen LogP contribution in [0.1, 0.15) is 35.2 Å². The van der Waals surface area contributed by atoms with Gasteiger partial charge in [-0.2, -0.15) is 18.3 Å². The first-order valence-corrected chi connectivity index (χ1v) is 7.25. The highest BCUT2D eigenvalue weighted by Gasteiger charge is 2.32. The van der Waals surface area contributed by atoms with Crippen molar-refractivity contribution in [2.75, 3.05) is 6.54 Å². The molecule has 0 saturated heterocycles. The van der Waals surface area contributed by atoms with E-state index in [1.807, 2.05) is 6.92 Å². The Balaban J connectivity index is 1.88. The zero-order chi connectivity index (χ0) is 16.9. The van der Waals surface area contributed by atoms with E-state index in [-0.39, 0.29) is 30.3 Å². The smallest absolute Gasteiger partial charge is 0.350 e. The van der Waals surface area contributed by atoms with Crippen molar-refractivity contribution in [3.05, 3.63) is 47.5 Å². The van der Waals surface area contributed by atoms with E-state index in [0.717, 1.165) is 19.0 Å². The van der Waals surface area contributed by atoms with Crippen LogP contribution in [0.2, 0.25) is 0 Å². The van der Waals surface area contributed by atoms with Gasteiger partial charge in [0, 0.05) is 31.4 Å². The molecule has 8 heteroatoms. The number of aromatic nitrogens is 3. The standard InChI is InChI=1S/C15H17F3N4O/c1-2-9-22-10-7-12(21-22)14(23)19-8-6-11-4-3-5-13(20-11)15(16,17)18/h3-5,7,10H,2,6,8-9H2,1H3,(H,19,23). The van der Waals surface area contributed by atoms with Gasteiger partial charge in [-0.05, 0) is 24.6 Å². The number of alkyl halides is 3. The topological polar surface area (TPSA) is 59.8 Å². The summed E-state index contributed by atoms with van der Waals surface area (Å²) in [5.74, 6) is -0.355. The highest BCUT2D eigenvalue weighted by Crippen LogP contribution is 2.27. The summed E-state index contributed by atoms with van der Waals surface area (Å²) in [5.41, 5.74) is -0.369. The van der Waals surface area contributed by atoms with Crippen molar-refractivity contribution < 1.29 is 18.0 Å². The summed E-state index contributed by atoms with van der Waals surface area (Å²) in [6, 6.07) is 5.33. The van der Waals surface area contributed by atoms with E-state index in [1.54, 1.807) is 16.9 Å². The monoisotopic (exact) mass is 326 g/mol. The molecule has 0 saturated carbocycles. The van der Waals surface area contributed by atoms with Gasteiger partial charge in [-0.15, -0.1) is 0 Å². The van der Waals surface area contributed by atoms with Gasteiger partial charge in [-0.25, -0.2) is 4.98 Å². The Morgan fingerprint density at radius 1 is 1.30 bits per heavy atom. The molecule has 0 aliphatic rings. The molecule has 0 aromatic carbocycles. The second-order valence-electron chi connectivity index (χ2n) is 4.98. The predicted octanol–water partition coefficient (Wildman–Crippen LogP) is 2.68. The molecule has 2 rings (SSSR count). The SMILES string of the molecule is CCCn1ccc(C(=O)NCCc2cccc(C(F)(F)F)n2)n1. The Bertz CT molecular complexity index is 667. The lowest BCUT2D eigenvalue weighted by molar-refractivity contribution is -0.141. The fraction of sp³-hybridized carbons (Fsp3) is 0.400. The molecule has 2 aromatic heterocycles. The van der Waals surface area contributed by atoms with Gasteiger partial charge >= 0.3 is 6.18 Å². The summed E-state index contributed by atoms with van der Waals surface area (Å²) < 4.78 is 39.4. The van der Waals surface area contributed by atoms with Crippen LogP contribution >= 0.6 is 0 Å². The maximum atomic E-state index is 12.6. The Morgan fingerprint density at radius 3 is 2.78 bits per heavy atom. The molecule has 2 heterocycles. The normalized spacial score (nSPS) is 11.5. The number of hydrogen-bond donors (Lipinski definition) is 1. The van der Waals surface area contributed by atoms with Crippen LogP contribution in [0.5, 0.6) is 0 Å². The molecular weight excluding hydrogens is 309 g/mol. The molecule has 0 spiro atoms. The second kappa shape index (κ2) is 7.26. The lowest BCUT2D eigenvalue weighted by Crippen LogP contribution is -2.26. The summed E-state index contributed by atoms with van der Waals surface area (Å²) in [7, 11) is 0. The van der Waals surface area contributed by atoms with Crippen LogP contribution in [-0.2, 0) is 19.1 Å². The van der Waals surface area contributed by atoms with Crippen molar-refractivity contribution in [2.24, 2.45) is 0 Å². The summed E-state index contributed by atoms with van der Waals surface area (Å²) in [6.07, 6.45) is -1.63. The first kappa shape index (κ1) is 17.0. The molecule has 5 nitrogen and oxygen atoms in total. The minimum absolute atomic E-state index is 0.188.